The first-order valence-corrected chi connectivity index (χ1v) is 6.80. The summed E-state index contributed by atoms with van der Waals surface area (Å²) in [5.41, 5.74) is 8.16. The Labute approximate surface area is 115 Å². The minimum Gasteiger partial charge on any atom is -0.388 e. The Morgan fingerprint density at radius 2 is 1.89 bits per heavy atom. The Hall–Kier alpha value is -1.96. The van der Waals surface area contributed by atoms with Crippen LogP contribution in [0.15, 0.2) is 36.4 Å². The van der Waals surface area contributed by atoms with Gasteiger partial charge in [-0.2, -0.15) is 0 Å². The summed E-state index contributed by atoms with van der Waals surface area (Å²) in [6.45, 7) is 6.35. The van der Waals surface area contributed by atoms with Crippen LogP contribution in [0.1, 0.15) is 22.3 Å². The molecule has 0 bridgehead atoms. The van der Waals surface area contributed by atoms with Crippen molar-refractivity contribution in [2.75, 3.05) is 17.3 Å². The second-order valence-corrected chi connectivity index (χ2v) is 5.34. The lowest BCUT2D eigenvalue weighted by atomic mass is 10.1. The average Bonchev–Trinajstić information content (AvgIpc) is 2.81. The van der Waals surface area contributed by atoms with E-state index in [0.717, 1.165) is 13.1 Å². The highest BCUT2D eigenvalue weighted by atomic mass is 15.1. The number of aryl methyl sites for hydroxylation is 2. The zero-order valence-electron chi connectivity index (χ0n) is 11.8. The van der Waals surface area contributed by atoms with Crippen molar-refractivity contribution >= 4 is 11.4 Å². The van der Waals surface area contributed by atoms with Crippen molar-refractivity contribution in [3.63, 3.8) is 0 Å². The third kappa shape index (κ3) is 2.07. The first-order chi connectivity index (χ1) is 9.19. The molecule has 1 heterocycles. The van der Waals surface area contributed by atoms with Crippen LogP contribution in [0.25, 0.3) is 0 Å². The lowest BCUT2D eigenvalue weighted by molar-refractivity contribution is 0.875. The van der Waals surface area contributed by atoms with E-state index < -0.39 is 0 Å². The molecule has 1 aliphatic rings. The van der Waals surface area contributed by atoms with Crippen molar-refractivity contribution in [2.45, 2.75) is 26.9 Å². The molecule has 0 fully saturated rings. The summed E-state index contributed by atoms with van der Waals surface area (Å²) in [7, 11) is 2.00. The number of benzene rings is 2. The number of fused-ring (bicyclic) bond motifs is 1. The molecule has 2 heteroatoms. The fourth-order valence-electron chi connectivity index (χ4n) is 2.99. The normalized spacial score (nSPS) is 13.5. The van der Waals surface area contributed by atoms with Gasteiger partial charge >= 0.3 is 0 Å². The molecule has 0 saturated heterocycles. The SMILES string of the molecule is CNc1cccc2c1CN(c1ccc(C)cc1C)C2. The first-order valence-electron chi connectivity index (χ1n) is 6.80. The van der Waals surface area contributed by atoms with Crippen LogP contribution in [0, 0.1) is 13.8 Å². The van der Waals surface area contributed by atoms with Crippen LogP contribution in [0.4, 0.5) is 11.4 Å². The molecule has 0 spiro atoms. The van der Waals surface area contributed by atoms with Gasteiger partial charge in [-0.05, 0) is 42.7 Å². The van der Waals surface area contributed by atoms with Gasteiger partial charge in [-0.1, -0.05) is 29.8 Å². The molecule has 0 aliphatic carbocycles. The van der Waals surface area contributed by atoms with Gasteiger partial charge in [0.1, 0.15) is 0 Å². The standard InChI is InChI=1S/C17H20N2/c1-12-7-8-17(13(2)9-12)19-10-14-5-4-6-16(18-3)15(14)11-19/h4-9,18H,10-11H2,1-3H3. The summed E-state index contributed by atoms with van der Waals surface area (Å²) in [6, 6.07) is 13.2. The third-order valence-corrected chi connectivity index (χ3v) is 3.95. The third-order valence-electron chi connectivity index (χ3n) is 3.95. The topological polar surface area (TPSA) is 15.3 Å². The van der Waals surface area contributed by atoms with Gasteiger partial charge in [-0.25, -0.2) is 0 Å². The fraction of sp³-hybridized carbons (Fsp3) is 0.294. The summed E-state index contributed by atoms with van der Waals surface area (Å²) >= 11 is 0. The molecule has 2 aromatic carbocycles. The summed E-state index contributed by atoms with van der Waals surface area (Å²) in [5, 5.41) is 3.30. The fourth-order valence-corrected chi connectivity index (χ4v) is 2.99. The number of nitrogens with zero attached hydrogens (tertiary/aromatic N) is 1. The number of hydrogen-bond acceptors (Lipinski definition) is 2. The monoisotopic (exact) mass is 252 g/mol. The van der Waals surface area contributed by atoms with Gasteiger partial charge in [-0.15, -0.1) is 0 Å². The molecule has 3 rings (SSSR count). The number of nitrogens with one attached hydrogen (secondary N) is 1. The second kappa shape index (κ2) is 4.61. The van der Waals surface area contributed by atoms with E-state index in [0.29, 0.717) is 0 Å². The van der Waals surface area contributed by atoms with Crippen molar-refractivity contribution in [1.82, 2.24) is 0 Å². The molecule has 2 nitrogen and oxygen atoms in total. The van der Waals surface area contributed by atoms with Crippen LogP contribution in [0.5, 0.6) is 0 Å². The molecule has 0 atom stereocenters. The van der Waals surface area contributed by atoms with Crippen molar-refractivity contribution in [1.29, 1.82) is 0 Å². The molecular formula is C17H20N2. The van der Waals surface area contributed by atoms with E-state index in [9.17, 15) is 0 Å². The molecule has 1 N–H and O–H groups in total. The Bertz CT molecular complexity index is 617. The predicted molar refractivity (Wildman–Crippen MR) is 81.8 cm³/mol. The number of hydrogen-bond donors (Lipinski definition) is 1. The molecule has 98 valence electrons. The van der Waals surface area contributed by atoms with Gasteiger partial charge in [0.25, 0.3) is 0 Å². The van der Waals surface area contributed by atoms with Gasteiger partial charge in [0.2, 0.25) is 0 Å². The maximum atomic E-state index is 3.30. The van der Waals surface area contributed by atoms with Crippen LogP contribution in [-0.2, 0) is 13.1 Å². The Morgan fingerprint density at radius 1 is 1.05 bits per heavy atom. The van der Waals surface area contributed by atoms with Gasteiger partial charge < -0.3 is 10.2 Å². The van der Waals surface area contributed by atoms with E-state index in [-0.39, 0.29) is 0 Å². The van der Waals surface area contributed by atoms with Crippen LogP contribution >= 0.6 is 0 Å². The van der Waals surface area contributed by atoms with Crippen LogP contribution < -0.4 is 10.2 Å². The predicted octanol–water partition coefficient (Wildman–Crippen LogP) is 3.87. The lowest BCUT2D eigenvalue weighted by Crippen LogP contribution is -2.15. The van der Waals surface area contributed by atoms with E-state index in [1.54, 1.807) is 0 Å². The number of anilines is 2. The molecule has 2 aromatic rings. The maximum absolute atomic E-state index is 3.30. The summed E-state index contributed by atoms with van der Waals surface area (Å²) < 4.78 is 0. The Kier molecular flexibility index (Phi) is 2.94. The molecule has 0 radical (unpaired) electrons. The zero-order valence-corrected chi connectivity index (χ0v) is 11.8. The largest absolute Gasteiger partial charge is 0.388 e. The van der Waals surface area contributed by atoms with Gasteiger partial charge in [0.15, 0.2) is 0 Å². The van der Waals surface area contributed by atoms with Crippen LogP contribution in [-0.4, -0.2) is 7.05 Å². The van der Waals surface area contributed by atoms with Crippen molar-refractivity contribution in [2.24, 2.45) is 0 Å². The summed E-state index contributed by atoms with van der Waals surface area (Å²) in [6.07, 6.45) is 0. The molecule has 0 aromatic heterocycles. The lowest BCUT2D eigenvalue weighted by Gasteiger charge is -2.20. The van der Waals surface area contributed by atoms with Crippen molar-refractivity contribution in [3.8, 4) is 0 Å². The molecule has 1 aliphatic heterocycles. The molecule has 0 saturated carbocycles. The first kappa shape index (κ1) is 12.1. The zero-order chi connectivity index (χ0) is 13.4. The second-order valence-electron chi connectivity index (χ2n) is 5.34. The van der Waals surface area contributed by atoms with E-state index in [1.165, 1.54) is 33.6 Å². The highest BCUT2D eigenvalue weighted by Crippen LogP contribution is 2.34. The number of rotatable bonds is 2. The van der Waals surface area contributed by atoms with E-state index in [4.69, 9.17) is 0 Å². The molecule has 0 amide bonds. The van der Waals surface area contributed by atoms with E-state index in [2.05, 4.69) is 60.5 Å². The Balaban J connectivity index is 1.95. The van der Waals surface area contributed by atoms with Gasteiger partial charge in [0.05, 0.1) is 0 Å². The quantitative estimate of drug-likeness (QED) is 0.873. The maximum Gasteiger partial charge on any atom is 0.0457 e. The molecular weight excluding hydrogens is 232 g/mol. The average molecular weight is 252 g/mol. The van der Waals surface area contributed by atoms with Crippen molar-refractivity contribution in [3.05, 3.63) is 58.7 Å². The molecule has 19 heavy (non-hydrogen) atoms. The van der Waals surface area contributed by atoms with Gasteiger partial charge in [0, 0.05) is 31.5 Å². The van der Waals surface area contributed by atoms with Gasteiger partial charge in [-0.3, -0.25) is 0 Å². The summed E-state index contributed by atoms with van der Waals surface area (Å²) in [4.78, 5) is 2.46. The van der Waals surface area contributed by atoms with Crippen LogP contribution in [0.2, 0.25) is 0 Å². The minimum absolute atomic E-state index is 0.996. The highest BCUT2D eigenvalue weighted by molar-refractivity contribution is 5.63. The summed E-state index contributed by atoms with van der Waals surface area (Å²) in [5.74, 6) is 0. The highest BCUT2D eigenvalue weighted by Gasteiger charge is 2.22. The molecule has 0 unspecified atom stereocenters. The van der Waals surface area contributed by atoms with E-state index >= 15 is 0 Å². The minimum atomic E-state index is 0.996. The smallest absolute Gasteiger partial charge is 0.0457 e. The van der Waals surface area contributed by atoms with E-state index in [1.807, 2.05) is 7.05 Å². The van der Waals surface area contributed by atoms with Crippen LogP contribution in [0.3, 0.4) is 0 Å². The Morgan fingerprint density at radius 3 is 2.63 bits per heavy atom. The van der Waals surface area contributed by atoms with Crippen molar-refractivity contribution < 1.29 is 0 Å².